The molecular weight excluding hydrogens is 380 g/mol. The Labute approximate surface area is 176 Å². The van der Waals surface area contributed by atoms with Gasteiger partial charge in [-0.3, -0.25) is 9.59 Å². The maximum absolute atomic E-state index is 12.9. The Hall–Kier alpha value is -3.28. The summed E-state index contributed by atoms with van der Waals surface area (Å²) in [7, 11) is 3.22. The van der Waals surface area contributed by atoms with Gasteiger partial charge in [0, 0.05) is 23.7 Å². The summed E-state index contributed by atoms with van der Waals surface area (Å²) >= 11 is 0. The minimum absolute atomic E-state index is 0.209. The smallest absolute Gasteiger partial charge is 0.297 e. The van der Waals surface area contributed by atoms with Crippen LogP contribution in [-0.2, 0) is 7.05 Å². The molecular formula is C24H28N2O4. The molecule has 0 aliphatic carbocycles. The van der Waals surface area contributed by atoms with E-state index in [0.717, 1.165) is 31.1 Å². The van der Waals surface area contributed by atoms with Crippen LogP contribution in [0.25, 0.3) is 10.9 Å². The number of hydrogen-bond acceptors (Lipinski definition) is 4. The van der Waals surface area contributed by atoms with Crippen molar-refractivity contribution in [3.05, 3.63) is 64.4 Å². The lowest BCUT2D eigenvalue weighted by Gasteiger charge is -2.16. The molecule has 0 aliphatic rings. The zero-order valence-corrected chi connectivity index (χ0v) is 17.7. The van der Waals surface area contributed by atoms with E-state index in [0.29, 0.717) is 29.1 Å². The number of nitrogens with one attached hydrogen (secondary N) is 1. The van der Waals surface area contributed by atoms with Crippen LogP contribution in [0.4, 0.5) is 5.69 Å². The molecule has 2 aromatic carbocycles. The van der Waals surface area contributed by atoms with E-state index in [-0.39, 0.29) is 17.2 Å². The first-order valence-corrected chi connectivity index (χ1v) is 10.3. The van der Waals surface area contributed by atoms with Crippen LogP contribution >= 0.6 is 0 Å². The van der Waals surface area contributed by atoms with E-state index >= 15 is 0 Å². The molecule has 1 N–H and O–H groups in total. The standard InChI is InChI=1S/C24H28N2O4/c1-4-5-6-10-15-30-22-21(29-3)19-14-13-18(16-20(19)26(2)24(22)28)25-23(27)17-11-8-7-9-12-17/h7-9,11-14,16H,4-6,10,15H2,1-3H3,(H,25,27). The summed E-state index contributed by atoms with van der Waals surface area (Å²) in [5.74, 6) is 0.438. The van der Waals surface area contributed by atoms with Gasteiger partial charge >= 0.3 is 0 Å². The molecule has 3 rings (SSSR count). The normalized spacial score (nSPS) is 10.8. The minimum Gasteiger partial charge on any atom is -0.492 e. The maximum Gasteiger partial charge on any atom is 0.297 e. The molecule has 0 unspecified atom stereocenters. The van der Waals surface area contributed by atoms with Crippen molar-refractivity contribution in [3.63, 3.8) is 0 Å². The molecule has 158 valence electrons. The van der Waals surface area contributed by atoms with Gasteiger partial charge in [-0.25, -0.2) is 0 Å². The molecule has 0 saturated carbocycles. The highest BCUT2D eigenvalue weighted by Gasteiger charge is 2.18. The average molecular weight is 408 g/mol. The fourth-order valence-electron chi connectivity index (χ4n) is 3.39. The number of unbranched alkanes of at least 4 members (excludes halogenated alkanes) is 3. The molecule has 1 amide bonds. The van der Waals surface area contributed by atoms with Gasteiger partial charge in [0.1, 0.15) is 0 Å². The predicted octanol–water partition coefficient (Wildman–Crippen LogP) is 4.76. The van der Waals surface area contributed by atoms with Gasteiger partial charge in [-0.2, -0.15) is 0 Å². The lowest BCUT2D eigenvalue weighted by atomic mass is 10.1. The summed E-state index contributed by atoms with van der Waals surface area (Å²) in [6.07, 6.45) is 4.25. The quantitative estimate of drug-likeness (QED) is 0.518. The largest absolute Gasteiger partial charge is 0.492 e. The van der Waals surface area contributed by atoms with Gasteiger partial charge in [-0.15, -0.1) is 0 Å². The summed E-state index contributed by atoms with van der Waals surface area (Å²) in [4.78, 5) is 25.4. The van der Waals surface area contributed by atoms with Gasteiger partial charge in [-0.05, 0) is 36.8 Å². The average Bonchev–Trinajstić information content (AvgIpc) is 2.77. The second kappa shape index (κ2) is 9.96. The summed E-state index contributed by atoms with van der Waals surface area (Å²) in [5, 5.41) is 3.63. The number of nitrogens with zero attached hydrogens (tertiary/aromatic N) is 1. The summed E-state index contributed by atoms with van der Waals surface area (Å²) in [6.45, 7) is 2.63. The number of hydrogen-bond donors (Lipinski definition) is 1. The number of anilines is 1. The molecule has 1 aromatic heterocycles. The highest BCUT2D eigenvalue weighted by molar-refractivity contribution is 6.05. The Morgan fingerprint density at radius 2 is 1.80 bits per heavy atom. The van der Waals surface area contributed by atoms with Crippen molar-refractivity contribution in [2.24, 2.45) is 7.05 Å². The number of carbonyl (C=O) groups excluding carboxylic acids is 1. The van der Waals surface area contributed by atoms with Gasteiger partial charge < -0.3 is 19.4 Å². The van der Waals surface area contributed by atoms with Crippen LogP contribution in [0.5, 0.6) is 11.5 Å². The highest BCUT2D eigenvalue weighted by atomic mass is 16.5. The first-order chi connectivity index (χ1) is 14.6. The van der Waals surface area contributed by atoms with E-state index in [4.69, 9.17) is 9.47 Å². The summed E-state index contributed by atoms with van der Waals surface area (Å²) in [5.41, 5.74) is 1.56. The Morgan fingerprint density at radius 3 is 2.50 bits per heavy atom. The van der Waals surface area contributed by atoms with Crippen molar-refractivity contribution in [1.82, 2.24) is 4.57 Å². The molecule has 0 radical (unpaired) electrons. The van der Waals surface area contributed by atoms with Crippen molar-refractivity contribution < 1.29 is 14.3 Å². The van der Waals surface area contributed by atoms with Crippen molar-refractivity contribution >= 4 is 22.5 Å². The van der Waals surface area contributed by atoms with Crippen LogP contribution in [0.3, 0.4) is 0 Å². The number of rotatable bonds is 9. The third kappa shape index (κ3) is 4.64. The first-order valence-electron chi connectivity index (χ1n) is 10.3. The number of methoxy groups -OCH3 is 1. The number of carbonyl (C=O) groups is 1. The molecule has 0 saturated heterocycles. The number of benzene rings is 2. The fourth-order valence-corrected chi connectivity index (χ4v) is 3.39. The number of aryl methyl sites for hydroxylation is 1. The van der Waals surface area contributed by atoms with E-state index < -0.39 is 0 Å². The molecule has 0 bridgehead atoms. The minimum atomic E-state index is -0.263. The maximum atomic E-state index is 12.9. The first kappa shape index (κ1) is 21.4. The molecule has 0 aliphatic heterocycles. The van der Waals surface area contributed by atoms with Crippen LogP contribution in [0, 0.1) is 0 Å². The lowest BCUT2D eigenvalue weighted by Crippen LogP contribution is -2.21. The molecule has 0 atom stereocenters. The Morgan fingerprint density at radius 1 is 1.03 bits per heavy atom. The topological polar surface area (TPSA) is 69.6 Å². The van der Waals surface area contributed by atoms with E-state index in [1.807, 2.05) is 24.3 Å². The molecule has 30 heavy (non-hydrogen) atoms. The number of ether oxygens (including phenoxy) is 2. The van der Waals surface area contributed by atoms with E-state index in [2.05, 4.69) is 12.2 Å². The van der Waals surface area contributed by atoms with Gasteiger partial charge in [-0.1, -0.05) is 44.4 Å². The van der Waals surface area contributed by atoms with Crippen molar-refractivity contribution in [2.75, 3.05) is 19.0 Å². The van der Waals surface area contributed by atoms with E-state index in [1.54, 1.807) is 31.3 Å². The monoisotopic (exact) mass is 408 g/mol. The second-order valence-corrected chi connectivity index (χ2v) is 7.19. The van der Waals surface area contributed by atoms with Crippen molar-refractivity contribution in [3.8, 4) is 11.5 Å². The Bertz CT molecular complexity index is 1070. The number of aromatic nitrogens is 1. The van der Waals surface area contributed by atoms with Crippen LogP contribution in [0.1, 0.15) is 43.0 Å². The Balaban J connectivity index is 1.90. The number of amides is 1. The third-order valence-corrected chi connectivity index (χ3v) is 5.05. The number of pyridine rings is 1. The highest BCUT2D eigenvalue weighted by Crippen LogP contribution is 2.33. The van der Waals surface area contributed by atoms with Gasteiger partial charge in [0.25, 0.3) is 11.5 Å². The zero-order valence-electron chi connectivity index (χ0n) is 17.7. The summed E-state index contributed by atoms with van der Waals surface area (Å²) in [6, 6.07) is 14.4. The molecule has 0 spiro atoms. The van der Waals surface area contributed by atoms with E-state index in [9.17, 15) is 9.59 Å². The second-order valence-electron chi connectivity index (χ2n) is 7.19. The molecule has 3 aromatic rings. The van der Waals surface area contributed by atoms with E-state index in [1.165, 1.54) is 11.7 Å². The molecule has 6 heteroatoms. The molecule has 1 heterocycles. The van der Waals surface area contributed by atoms with Crippen LogP contribution in [0.15, 0.2) is 53.3 Å². The fraction of sp³-hybridized carbons (Fsp3) is 0.333. The summed E-state index contributed by atoms with van der Waals surface area (Å²) < 4.78 is 12.9. The predicted molar refractivity (Wildman–Crippen MR) is 120 cm³/mol. The molecule has 6 nitrogen and oxygen atoms in total. The van der Waals surface area contributed by atoms with Crippen molar-refractivity contribution in [1.29, 1.82) is 0 Å². The lowest BCUT2D eigenvalue weighted by molar-refractivity contribution is 0.102. The molecule has 0 fully saturated rings. The zero-order chi connectivity index (χ0) is 21.5. The van der Waals surface area contributed by atoms with Gasteiger partial charge in [0.2, 0.25) is 5.75 Å². The van der Waals surface area contributed by atoms with Gasteiger partial charge in [0.05, 0.1) is 19.2 Å². The third-order valence-electron chi connectivity index (χ3n) is 5.05. The van der Waals surface area contributed by atoms with Crippen LogP contribution in [-0.4, -0.2) is 24.2 Å². The van der Waals surface area contributed by atoms with Crippen molar-refractivity contribution in [2.45, 2.75) is 32.6 Å². The van der Waals surface area contributed by atoms with Gasteiger partial charge in [0.15, 0.2) is 5.75 Å². The Kier molecular flexibility index (Phi) is 7.12. The SMILES string of the molecule is CCCCCCOc1c(OC)c2ccc(NC(=O)c3ccccc3)cc2n(C)c1=O. The number of fused-ring (bicyclic) bond motifs is 1. The van der Waals surface area contributed by atoms with Crippen LogP contribution in [0.2, 0.25) is 0 Å². The van der Waals surface area contributed by atoms with Crippen LogP contribution < -0.4 is 20.3 Å².